The van der Waals surface area contributed by atoms with E-state index in [0.29, 0.717) is 5.39 Å². The first-order valence-corrected chi connectivity index (χ1v) is 5.24. The third-order valence-electron chi connectivity index (χ3n) is 2.51. The SMILES string of the molecule is N#CC(C#N)=CNc1ccc(O)c2ccccc12. The van der Waals surface area contributed by atoms with Gasteiger partial charge in [-0.05, 0) is 12.1 Å². The fourth-order valence-electron chi connectivity index (χ4n) is 1.65. The minimum Gasteiger partial charge on any atom is -0.507 e. The molecule has 0 saturated heterocycles. The van der Waals surface area contributed by atoms with Gasteiger partial charge in [-0.25, -0.2) is 0 Å². The molecule has 0 bridgehead atoms. The lowest BCUT2D eigenvalue weighted by atomic mass is 10.1. The molecule has 0 aliphatic rings. The van der Waals surface area contributed by atoms with Gasteiger partial charge in [-0.2, -0.15) is 10.5 Å². The number of nitriles is 2. The normalized spacial score (nSPS) is 9.22. The fourth-order valence-corrected chi connectivity index (χ4v) is 1.65. The van der Waals surface area contributed by atoms with Gasteiger partial charge in [0.2, 0.25) is 0 Å². The maximum absolute atomic E-state index is 9.72. The van der Waals surface area contributed by atoms with E-state index in [4.69, 9.17) is 10.5 Å². The van der Waals surface area contributed by atoms with Crippen LogP contribution in [0.1, 0.15) is 0 Å². The van der Waals surface area contributed by atoms with Gasteiger partial charge >= 0.3 is 0 Å². The van der Waals surface area contributed by atoms with Gasteiger partial charge in [0.05, 0.1) is 0 Å². The van der Waals surface area contributed by atoms with Crippen LogP contribution in [-0.4, -0.2) is 5.11 Å². The summed E-state index contributed by atoms with van der Waals surface area (Å²) in [6.07, 6.45) is 1.35. The monoisotopic (exact) mass is 235 g/mol. The molecule has 0 aliphatic heterocycles. The summed E-state index contributed by atoms with van der Waals surface area (Å²) < 4.78 is 0. The van der Waals surface area contributed by atoms with Gasteiger partial charge in [0, 0.05) is 22.7 Å². The van der Waals surface area contributed by atoms with E-state index in [1.165, 1.54) is 6.20 Å². The number of nitrogens with zero attached hydrogens (tertiary/aromatic N) is 2. The van der Waals surface area contributed by atoms with Gasteiger partial charge in [0.15, 0.2) is 0 Å². The number of nitrogens with one attached hydrogen (secondary N) is 1. The van der Waals surface area contributed by atoms with Gasteiger partial charge in [-0.1, -0.05) is 24.3 Å². The third kappa shape index (κ3) is 2.09. The van der Waals surface area contributed by atoms with E-state index in [1.54, 1.807) is 30.3 Å². The first-order chi connectivity index (χ1) is 8.76. The van der Waals surface area contributed by atoms with E-state index in [9.17, 15) is 5.11 Å². The zero-order valence-electron chi connectivity index (χ0n) is 9.38. The van der Waals surface area contributed by atoms with E-state index < -0.39 is 0 Å². The molecule has 2 aromatic carbocycles. The molecule has 86 valence electrons. The van der Waals surface area contributed by atoms with Crippen molar-refractivity contribution in [3.63, 3.8) is 0 Å². The lowest BCUT2D eigenvalue weighted by molar-refractivity contribution is 0.481. The van der Waals surface area contributed by atoms with Crippen molar-refractivity contribution in [3.8, 4) is 17.9 Å². The number of phenolic OH excluding ortho intramolecular Hbond substituents is 1. The molecular weight excluding hydrogens is 226 g/mol. The second-order valence-electron chi connectivity index (χ2n) is 3.60. The second kappa shape index (κ2) is 4.90. The quantitative estimate of drug-likeness (QED) is 0.619. The topological polar surface area (TPSA) is 79.8 Å². The highest BCUT2D eigenvalue weighted by Gasteiger charge is 2.03. The number of allylic oxidation sites excluding steroid dienone is 1. The predicted octanol–water partition coefficient (Wildman–Crippen LogP) is 2.89. The summed E-state index contributed by atoms with van der Waals surface area (Å²) in [5.74, 6) is 0.195. The molecule has 0 saturated carbocycles. The first-order valence-electron chi connectivity index (χ1n) is 5.24. The largest absolute Gasteiger partial charge is 0.507 e. The molecule has 0 heterocycles. The Balaban J connectivity index is 2.48. The molecule has 0 aromatic heterocycles. The molecule has 0 atom stereocenters. The highest BCUT2D eigenvalue weighted by molar-refractivity contribution is 5.98. The number of fused-ring (bicyclic) bond motifs is 1. The molecular formula is C14H9N3O. The van der Waals surface area contributed by atoms with Crippen molar-refractivity contribution >= 4 is 16.5 Å². The van der Waals surface area contributed by atoms with Gasteiger partial charge in [-0.15, -0.1) is 0 Å². The van der Waals surface area contributed by atoms with Crippen LogP contribution in [-0.2, 0) is 0 Å². The Kier molecular flexibility index (Phi) is 3.13. The second-order valence-corrected chi connectivity index (χ2v) is 3.60. The maximum atomic E-state index is 9.72. The van der Waals surface area contributed by atoms with Crippen LogP contribution in [0, 0.1) is 22.7 Å². The van der Waals surface area contributed by atoms with Crippen LogP contribution in [0.15, 0.2) is 48.2 Å². The van der Waals surface area contributed by atoms with E-state index in [-0.39, 0.29) is 11.3 Å². The van der Waals surface area contributed by atoms with E-state index in [2.05, 4.69) is 5.32 Å². The summed E-state index contributed by atoms with van der Waals surface area (Å²) in [6, 6.07) is 14.1. The average Bonchev–Trinajstić information content (AvgIpc) is 2.42. The highest BCUT2D eigenvalue weighted by atomic mass is 16.3. The zero-order valence-corrected chi connectivity index (χ0v) is 9.38. The van der Waals surface area contributed by atoms with Crippen molar-refractivity contribution in [2.75, 3.05) is 5.32 Å². The van der Waals surface area contributed by atoms with Crippen molar-refractivity contribution < 1.29 is 5.11 Å². The number of hydrogen-bond donors (Lipinski definition) is 2. The predicted molar refractivity (Wildman–Crippen MR) is 68.5 cm³/mol. The lowest BCUT2D eigenvalue weighted by Crippen LogP contribution is -1.91. The van der Waals surface area contributed by atoms with Crippen LogP contribution in [0.2, 0.25) is 0 Å². The summed E-state index contributed by atoms with van der Waals surface area (Å²) in [7, 11) is 0. The van der Waals surface area contributed by atoms with E-state index in [1.807, 2.05) is 18.2 Å². The number of anilines is 1. The number of rotatable bonds is 2. The van der Waals surface area contributed by atoms with Gasteiger partial charge in [0.1, 0.15) is 23.5 Å². The molecule has 2 N–H and O–H groups in total. The molecule has 0 fully saturated rings. The minimum atomic E-state index is -0.00726. The summed E-state index contributed by atoms with van der Waals surface area (Å²) in [5, 5.41) is 31.4. The number of benzene rings is 2. The summed E-state index contributed by atoms with van der Waals surface area (Å²) in [6.45, 7) is 0. The molecule has 4 nitrogen and oxygen atoms in total. The highest BCUT2D eigenvalue weighted by Crippen LogP contribution is 2.30. The van der Waals surface area contributed by atoms with Crippen molar-refractivity contribution in [1.29, 1.82) is 10.5 Å². The Hall–Kier alpha value is -2.98. The van der Waals surface area contributed by atoms with E-state index in [0.717, 1.165) is 11.1 Å². The minimum absolute atomic E-state index is 0.00726. The van der Waals surface area contributed by atoms with Crippen LogP contribution in [0.25, 0.3) is 10.8 Å². The first kappa shape index (κ1) is 11.5. The summed E-state index contributed by atoms with van der Waals surface area (Å²) in [5.41, 5.74) is 0.721. The Bertz CT molecular complexity index is 689. The van der Waals surface area contributed by atoms with Crippen LogP contribution in [0.3, 0.4) is 0 Å². The Labute approximate surface area is 104 Å². The van der Waals surface area contributed by atoms with Crippen LogP contribution >= 0.6 is 0 Å². The van der Waals surface area contributed by atoms with Crippen molar-refractivity contribution in [3.05, 3.63) is 48.2 Å². The average molecular weight is 235 g/mol. The third-order valence-corrected chi connectivity index (χ3v) is 2.51. The molecule has 0 aliphatic carbocycles. The zero-order chi connectivity index (χ0) is 13.0. The van der Waals surface area contributed by atoms with Crippen molar-refractivity contribution in [1.82, 2.24) is 0 Å². The Morgan fingerprint density at radius 1 is 1.06 bits per heavy atom. The summed E-state index contributed by atoms with van der Waals surface area (Å²) >= 11 is 0. The molecule has 0 radical (unpaired) electrons. The van der Waals surface area contributed by atoms with Gasteiger partial charge in [-0.3, -0.25) is 0 Å². The van der Waals surface area contributed by atoms with Gasteiger partial charge in [0.25, 0.3) is 0 Å². The molecule has 0 unspecified atom stereocenters. The fraction of sp³-hybridized carbons (Fsp3) is 0. The Morgan fingerprint density at radius 3 is 2.39 bits per heavy atom. The standard InChI is InChI=1S/C14H9N3O/c15-7-10(8-16)9-17-13-5-6-14(18)12-4-2-1-3-11(12)13/h1-6,9,17-18H. The van der Waals surface area contributed by atoms with Crippen LogP contribution in [0.4, 0.5) is 5.69 Å². The van der Waals surface area contributed by atoms with Crippen molar-refractivity contribution in [2.24, 2.45) is 0 Å². The van der Waals surface area contributed by atoms with E-state index >= 15 is 0 Å². The van der Waals surface area contributed by atoms with Gasteiger partial charge < -0.3 is 10.4 Å². The Morgan fingerprint density at radius 2 is 1.72 bits per heavy atom. The lowest BCUT2D eigenvalue weighted by Gasteiger charge is -2.07. The number of hydrogen-bond acceptors (Lipinski definition) is 4. The van der Waals surface area contributed by atoms with Crippen LogP contribution < -0.4 is 5.32 Å². The molecule has 0 amide bonds. The van der Waals surface area contributed by atoms with Crippen LogP contribution in [0.5, 0.6) is 5.75 Å². The number of aromatic hydroxyl groups is 1. The molecule has 2 rings (SSSR count). The molecule has 2 aromatic rings. The molecule has 4 heteroatoms. The van der Waals surface area contributed by atoms with Crippen molar-refractivity contribution in [2.45, 2.75) is 0 Å². The smallest absolute Gasteiger partial charge is 0.145 e. The summed E-state index contributed by atoms with van der Waals surface area (Å²) in [4.78, 5) is 0. The molecule has 18 heavy (non-hydrogen) atoms. The maximum Gasteiger partial charge on any atom is 0.145 e. The number of phenols is 1. The molecule has 0 spiro atoms.